The van der Waals surface area contributed by atoms with E-state index in [1.165, 1.54) is 18.5 Å². The molecule has 1 nitrogen and oxygen atoms in total. The number of halogens is 1. The van der Waals surface area contributed by atoms with Crippen LogP contribution in [-0.2, 0) is 0 Å². The van der Waals surface area contributed by atoms with Crippen LogP contribution in [0.15, 0.2) is 36.4 Å². The quantitative estimate of drug-likeness (QED) is 0.722. The lowest BCUT2D eigenvalue weighted by Crippen LogP contribution is -2.32. The molecule has 0 bridgehead atoms. The van der Waals surface area contributed by atoms with Crippen LogP contribution in [0, 0.1) is 0 Å². The second-order valence-electron chi connectivity index (χ2n) is 4.35. The van der Waals surface area contributed by atoms with Crippen molar-refractivity contribution in [2.75, 3.05) is 19.6 Å². The van der Waals surface area contributed by atoms with Crippen molar-refractivity contribution in [1.29, 1.82) is 0 Å². The third-order valence-electron chi connectivity index (χ3n) is 3.02. The molecular weight excluding hydrogens is 218 g/mol. The summed E-state index contributed by atoms with van der Waals surface area (Å²) < 4.78 is 0. The third kappa shape index (κ3) is 2.87. The number of hydrogen-bond donors (Lipinski definition) is 0. The lowest BCUT2D eigenvalue weighted by atomic mass is 9.96. The van der Waals surface area contributed by atoms with Crippen LogP contribution in [0.25, 0.3) is 0 Å². The molecule has 86 valence electrons. The van der Waals surface area contributed by atoms with E-state index in [2.05, 4.69) is 36.1 Å². The second kappa shape index (κ2) is 5.51. The molecule has 1 aliphatic rings. The maximum absolute atomic E-state index is 5.90. The molecule has 0 aromatic heterocycles. The van der Waals surface area contributed by atoms with Gasteiger partial charge in [-0.05, 0) is 30.7 Å². The van der Waals surface area contributed by atoms with Crippen LogP contribution >= 0.6 is 11.6 Å². The first kappa shape index (κ1) is 11.7. The summed E-state index contributed by atoms with van der Waals surface area (Å²) in [6.45, 7) is 5.65. The Morgan fingerprint density at radius 1 is 1.31 bits per heavy atom. The molecule has 0 N–H and O–H groups in total. The summed E-state index contributed by atoms with van der Waals surface area (Å²) >= 11 is 5.90. The van der Waals surface area contributed by atoms with E-state index in [9.17, 15) is 0 Å². The molecule has 0 radical (unpaired) electrons. The van der Waals surface area contributed by atoms with Crippen molar-refractivity contribution in [3.05, 3.63) is 47.0 Å². The van der Waals surface area contributed by atoms with Gasteiger partial charge in [0, 0.05) is 24.0 Å². The molecule has 0 spiro atoms. The zero-order chi connectivity index (χ0) is 11.4. The summed E-state index contributed by atoms with van der Waals surface area (Å²) in [5, 5.41) is 0.814. The molecular formula is C14H18ClN. The molecule has 1 unspecified atom stereocenters. The molecule has 16 heavy (non-hydrogen) atoms. The summed E-state index contributed by atoms with van der Waals surface area (Å²) in [5.41, 5.74) is 1.36. The van der Waals surface area contributed by atoms with E-state index in [4.69, 9.17) is 11.6 Å². The minimum atomic E-state index is 0.526. The Balaban J connectivity index is 2.07. The lowest BCUT2D eigenvalue weighted by Gasteiger charge is -2.28. The molecule has 1 aromatic carbocycles. The molecule has 0 amide bonds. The van der Waals surface area contributed by atoms with Gasteiger partial charge in [0.25, 0.3) is 0 Å². The van der Waals surface area contributed by atoms with Crippen molar-refractivity contribution in [2.24, 2.45) is 0 Å². The molecule has 0 saturated heterocycles. The van der Waals surface area contributed by atoms with E-state index in [0.29, 0.717) is 5.92 Å². The fraction of sp³-hybridized carbons (Fsp3) is 0.429. The highest BCUT2D eigenvalue weighted by molar-refractivity contribution is 6.30. The predicted molar refractivity (Wildman–Crippen MR) is 70.1 cm³/mol. The summed E-state index contributed by atoms with van der Waals surface area (Å²) in [7, 11) is 0. The standard InChI is InChI=1S/C14H18ClN/c1-2-9-16-10-3-4-13(11-16)12-5-7-14(15)8-6-12/h3-8,13H,2,9-11H2,1H3. The van der Waals surface area contributed by atoms with E-state index in [1.54, 1.807) is 0 Å². The summed E-state index contributed by atoms with van der Waals surface area (Å²) in [6, 6.07) is 8.21. The molecule has 1 atom stereocenters. The highest BCUT2D eigenvalue weighted by Crippen LogP contribution is 2.23. The van der Waals surface area contributed by atoms with Gasteiger partial charge in [0.15, 0.2) is 0 Å². The number of nitrogens with zero attached hydrogens (tertiary/aromatic N) is 1. The van der Waals surface area contributed by atoms with Crippen LogP contribution in [-0.4, -0.2) is 24.5 Å². The molecule has 1 heterocycles. The number of benzene rings is 1. The predicted octanol–water partition coefficient (Wildman–Crippen LogP) is 3.71. The molecule has 1 aromatic rings. The summed E-state index contributed by atoms with van der Waals surface area (Å²) in [6.07, 6.45) is 5.81. The van der Waals surface area contributed by atoms with E-state index in [1.807, 2.05) is 12.1 Å². The molecule has 0 aliphatic carbocycles. The van der Waals surface area contributed by atoms with Crippen molar-refractivity contribution < 1.29 is 0 Å². The van der Waals surface area contributed by atoms with Gasteiger partial charge in [-0.25, -0.2) is 0 Å². The van der Waals surface area contributed by atoms with Gasteiger partial charge in [-0.1, -0.05) is 42.8 Å². The van der Waals surface area contributed by atoms with E-state index < -0.39 is 0 Å². The van der Waals surface area contributed by atoms with Crippen LogP contribution in [0.4, 0.5) is 0 Å². The SMILES string of the molecule is CCCN1CC=CC(c2ccc(Cl)cc2)C1. The van der Waals surface area contributed by atoms with Gasteiger partial charge in [-0.3, -0.25) is 4.90 Å². The Morgan fingerprint density at radius 3 is 2.75 bits per heavy atom. The van der Waals surface area contributed by atoms with Crippen molar-refractivity contribution in [3.63, 3.8) is 0 Å². The van der Waals surface area contributed by atoms with Crippen LogP contribution < -0.4 is 0 Å². The maximum atomic E-state index is 5.90. The topological polar surface area (TPSA) is 3.24 Å². The van der Waals surface area contributed by atoms with E-state index >= 15 is 0 Å². The van der Waals surface area contributed by atoms with Gasteiger partial charge in [-0.2, -0.15) is 0 Å². The number of rotatable bonds is 3. The van der Waals surface area contributed by atoms with Crippen molar-refractivity contribution in [1.82, 2.24) is 4.90 Å². The van der Waals surface area contributed by atoms with Crippen LogP contribution in [0.5, 0.6) is 0 Å². The molecule has 2 rings (SSSR count). The highest BCUT2D eigenvalue weighted by atomic mass is 35.5. The zero-order valence-electron chi connectivity index (χ0n) is 9.70. The van der Waals surface area contributed by atoms with Gasteiger partial charge < -0.3 is 0 Å². The Labute approximate surface area is 103 Å². The second-order valence-corrected chi connectivity index (χ2v) is 4.78. The largest absolute Gasteiger partial charge is 0.299 e. The van der Waals surface area contributed by atoms with Crippen molar-refractivity contribution >= 4 is 11.6 Å². The van der Waals surface area contributed by atoms with Gasteiger partial charge in [0.1, 0.15) is 0 Å². The molecule has 0 saturated carbocycles. The highest BCUT2D eigenvalue weighted by Gasteiger charge is 2.15. The van der Waals surface area contributed by atoms with Gasteiger partial charge >= 0.3 is 0 Å². The van der Waals surface area contributed by atoms with Crippen molar-refractivity contribution in [2.45, 2.75) is 19.3 Å². The van der Waals surface area contributed by atoms with Crippen LogP contribution in [0.2, 0.25) is 5.02 Å². The third-order valence-corrected chi connectivity index (χ3v) is 3.28. The molecule has 0 fully saturated rings. The minimum Gasteiger partial charge on any atom is -0.299 e. The van der Waals surface area contributed by atoms with Gasteiger partial charge in [0.05, 0.1) is 0 Å². The Bertz CT molecular complexity index is 356. The minimum absolute atomic E-state index is 0.526. The first-order valence-electron chi connectivity index (χ1n) is 5.94. The van der Waals surface area contributed by atoms with E-state index in [-0.39, 0.29) is 0 Å². The lowest BCUT2D eigenvalue weighted by molar-refractivity contribution is 0.284. The molecule has 2 heteroatoms. The Kier molecular flexibility index (Phi) is 4.03. The van der Waals surface area contributed by atoms with Gasteiger partial charge in [-0.15, -0.1) is 0 Å². The first-order chi connectivity index (χ1) is 7.79. The summed E-state index contributed by atoms with van der Waals surface area (Å²) in [4.78, 5) is 2.50. The van der Waals surface area contributed by atoms with Crippen LogP contribution in [0.3, 0.4) is 0 Å². The number of hydrogen-bond acceptors (Lipinski definition) is 1. The smallest absolute Gasteiger partial charge is 0.0406 e. The van der Waals surface area contributed by atoms with Crippen LogP contribution in [0.1, 0.15) is 24.8 Å². The fourth-order valence-corrected chi connectivity index (χ4v) is 2.34. The zero-order valence-corrected chi connectivity index (χ0v) is 10.5. The monoisotopic (exact) mass is 235 g/mol. The Hall–Kier alpha value is -0.790. The fourth-order valence-electron chi connectivity index (χ4n) is 2.21. The van der Waals surface area contributed by atoms with E-state index in [0.717, 1.165) is 18.1 Å². The van der Waals surface area contributed by atoms with Gasteiger partial charge in [0.2, 0.25) is 0 Å². The average Bonchev–Trinajstić information content (AvgIpc) is 2.31. The summed E-state index contributed by atoms with van der Waals surface area (Å²) in [5.74, 6) is 0.526. The Morgan fingerprint density at radius 2 is 2.06 bits per heavy atom. The average molecular weight is 236 g/mol. The maximum Gasteiger partial charge on any atom is 0.0406 e. The first-order valence-corrected chi connectivity index (χ1v) is 6.32. The van der Waals surface area contributed by atoms with Crippen molar-refractivity contribution in [3.8, 4) is 0 Å². The molecule has 1 aliphatic heterocycles. The normalized spacial score (nSPS) is 21.2.